The molecule has 3 aromatic carbocycles. The summed E-state index contributed by atoms with van der Waals surface area (Å²) in [5.74, 6) is 0.828. The third kappa shape index (κ3) is 4.14. The van der Waals surface area contributed by atoms with Crippen molar-refractivity contribution in [2.45, 2.75) is 20.0 Å². The fourth-order valence-electron chi connectivity index (χ4n) is 3.59. The van der Waals surface area contributed by atoms with Gasteiger partial charge in [-0.05, 0) is 43.2 Å². The van der Waals surface area contributed by atoms with Crippen LogP contribution in [0.3, 0.4) is 0 Å². The summed E-state index contributed by atoms with van der Waals surface area (Å²) in [6.45, 7) is 8.26. The van der Waals surface area contributed by atoms with Crippen LogP contribution in [0.1, 0.15) is 31.1 Å². The summed E-state index contributed by atoms with van der Waals surface area (Å²) in [5.41, 5.74) is 7.62. The molecule has 3 aromatic rings. The summed E-state index contributed by atoms with van der Waals surface area (Å²) in [6.07, 6.45) is 1.84. The second kappa shape index (κ2) is 8.19. The van der Waals surface area contributed by atoms with Gasteiger partial charge in [-0.2, -0.15) is 0 Å². The van der Waals surface area contributed by atoms with Crippen LogP contribution in [0.25, 0.3) is 11.1 Å². The number of benzene rings is 3. The number of aliphatic imine (C=N–C) groups is 1. The minimum Gasteiger partial charge on any atom is -0.359 e. The normalized spacial score (nSPS) is 14.8. The topological polar surface area (TPSA) is 36.4 Å². The van der Waals surface area contributed by atoms with Gasteiger partial charge in [-0.25, -0.2) is 4.99 Å². The highest BCUT2D eigenvalue weighted by atomic mass is 15.2. The first-order valence-electron chi connectivity index (χ1n) is 9.81. The predicted molar refractivity (Wildman–Crippen MR) is 123 cm³/mol. The number of rotatable bonds is 4. The number of allylic oxidation sites excluding steroid dienone is 2. The van der Waals surface area contributed by atoms with E-state index >= 15 is 0 Å². The average Bonchev–Trinajstić information content (AvgIpc) is 2.73. The van der Waals surface area contributed by atoms with Crippen molar-refractivity contribution in [3.63, 3.8) is 0 Å². The van der Waals surface area contributed by atoms with E-state index in [0.717, 1.165) is 28.3 Å². The first-order valence-corrected chi connectivity index (χ1v) is 9.81. The van der Waals surface area contributed by atoms with Crippen LogP contribution < -0.4 is 10.6 Å². The number of amidine groups is 1. The van der Waals surface area contributed by atoms with Crippen molar-refractivity contribution < 1.29 is 0 Å². The molecule has 3 heteroatoms. The fraction of sp³-hybridized carbons (Fsp3) is 0.115. The van der Waals surface area contributed by atoms with Gasteiger partial charge in [0.05, 0.1) is 0 Å². The van der Waals surface area contributed by atoms with Crippen LogP contribution in [0.15, 0.2) is 108 Å². The molecule has 0 saturated heterocycles. The largest absolute Gasteiger partial charge is 0.359 e. The number of hydrogen-bond donors (Lipinski definition) is 2. The predicted octanol–water partition coefficient (Wildman–Crippen LogP) is 6.29. The van der Waals surface area contributed by atoms with Gasteiger partial charge in [0.2, 0.25) is 0 Å². The van der Waals surface area contributed by atoms with Crippen LogP contribution in [-0.4, -0.2) is 5.84 Å². The quantitative estimate of drug-likeness (QED) is 0.522. The van der Waals surface area contributed by atoms with E-state index in [-0.39, 0.29) is 6.17 Å². The maximum absolute atomic E-state index is 5.03. The lowest BCUT2D eigenvalue weighted by molar-refractivity contribution is 0.819. The molecule has 1 aliphatic rings. The zero-order chi connectivity index (χ0) is 20.2. The number of nitrogens with one attached hydrogen (secondary N) is 2. The lowest BCUT2D eigenvalue weighted by Gasteiger charge is -2.28. The van der Waals surface area contributed by atoms with E-state index in [1.165, 1.54) is 16.7 Å². The molecule has 0 aliphatic carbocycles. The lowest BCUT2D eigenvalue weighted by atomic mass is 9.97. The standard InChI is InChI=1S/C26H25N3/c1-18(2)17-19(3)27-26-23-15-9-10-16-24(23)28-25(29-26)22-14-8-7-13-21(22)20-11-5-4-6-12-20/h4-17,25,28H,3H2,1-2H3,(H,27,29). The van der Waals surface area contributed by atoms with Crippen LogP contribution >= 0.6 is 0 Å². The number of fused-ring (bicyclic) bond motifs is 1. The highest BCUT2D eigenvalue weighted by molar-refractivity contribution is 6.06. The first kappa shape index (κ1) is 18.8. The van der Waals surface area contributed by atoms with Crippen molar-refractivity contribution in [2.75, 3.05) is 5.32 Å². The molecular weight excluding hydrogens is 354 g/mol. The van der Waals surface area contributed by atoms with Crippen LogP contribution in [0.5, 0.6) is 0 Å². The summed E-state index contributed by atoms with van der Waals surface area (Å²) >= 11 is 0. The van der Waals surface area contributed by atoms with E-state index in [0.29, 0.717) is 0 Å². The van der Waals surface area contributed by atoms with Crippen LogP contribution in [-0.2, 0) is 0 Å². The van der Waals surface area contributed by atoms with E-state index in [1.807, 2.05) is 24.3 Å². The molecule has 1 unspecified atom stereocenters. The van der Waals surface area contributed by atoms with Crippen molar-refractivity contribution in [3.05, 3.63) is 114 Å². The Bertz CT molecular complexity index is 1090. The Morgan fingerprint density at radius 3 is 2.31 bits per heavy atom. The number of nitrogens with zero attached hydrogens (tertiary/aromatic N) is 1. The molecule has 0 saturated carbocycles. The summed E-state index contributed by atoms with van der Waals surface area (Å²) in [6, 6.07) is 27.1. The Kier molecular flexibility index (Phi) is 5.30. The third-order valence-corrected chi connectivity index (χ3v) is 4.81. The summed E-state index contributed by atoms with van der Waals surface area (Å²) in [7, 11) is 0. The minimum absolute atomic E-state index is 0.191. The van der Waals surface area contributed by atoms with Crippen LogP contribution in [0.4, 0.5) is 5.69 Å². The Morgan fingerprint density at radius 2 is 1.55 bits per heavy atom. The lowest BCUT2D eigenvalue weighted by Crippen LogP contribution is -2.30. The van der Waals surface area contributed by atoms with Gasteiger partial charge in [0.1, 0.15) is 12.0 Å². The second-order valence-electron chi connectivity index (χ2n) is 7.40. The Hall–Kier alpha value is -3.59. The van der Waals surface area contributed by atoms with E-state index in [9.17, 15) is 0 Å². The Labute approximate surface area is 172 Å². The molecule has 144 valence electrons. The van der Waals surface area contributed by atoms with Gasteiger partial charge in [0, 0.05) is 22.5 Å². The zero-order valence-electron chi connectivity index (χ0n) is 16.8. The zero-order valence-corrected chi connectivity index (χ0v) is 16.8. The van der Waals surface area contributed by atoms with Gasteiger partial charge in [0.15, 0.2) is 0 Å². The molecular formula is C26H25N3. The molecule has 0 fully saturated rings. The van der Waals surface area contributed by atoms with Crippen molar-refractivity contribution in [1.82, 2.24) is 5.32 Å². The molecule has 1 atom stereocenters. The smallest absolute Gasteiger partial charge is 0.147 e. The number of anilines is 1. The molecule has 29 heavy (non-hydrogen) atoms. The maximum atomic E-state index is 5.03. The van der Waals surface area contributed by atoms with Crippen molar-refractivity contribution >= 4 is 11.5 Å². The van der Waals surface area contributed by atoms with Crippen molar-refractivity contribution in [1.29, 1.82) is 0 Å². The molecule has 0 bridgehead atoms. The van der Waals surface area contributed by atoms with Gasteiger partial charge in [-0.3, -0.25) is 0 Å². The van der Waals surface area contributed by atoms with E-state index in [1.54, 1.807) is 0 Å². The molecule has 0 aromatic heterocycles. The van der Waals surface area contributed by atoms with Gasteiger partial charge in [-0.1, -0.05) is 78.9 Å². The average molecular weight is 380 g/mol. The van der Waals surface area contributed by atoms with Crippen LogP contribution in [0.2, 0.25) is 0 Å². The van der Waals surface area contributed by atoms with Gasteiger partial charge in [-0.15, -0.1) is 0 Å². The first-order chi connectivity index (χ1) is 14.1. The summed E-state index contributed by atoms with van der Waals surface area (Å²) in [5, 5.41) is 7.00. The van der Waals surface area contributed by atoms with Gasteiger partial charge >= 0.3 is 0 Å². The molecule has 1 aliphatic heterocycles. The number of para-hydroxylation sites is 1. The Morgan fingerprint density at radius 1 is 0.897 bits per heavy atom. The second-order valence-corrected chi connectivity index (χ2v) is 7.40. The van der Waals surface area contributed by atoms with Gasteiger partial charge < -0.3 is 10.6 Å². The molecule has 0 radical (unpaired) electrons. The van der Waals surface area contributed by atoms with Crippen molar-refractivity contribution in [3.8, 4) is 11.1 Å². The fourth-order valence-corrected chi connectivity index (χ4v) is 3.59. The minimum atomic E-state index is -0.191. The third-order valence-electron chi connectivity index (χ3n) is 4.81. The van der Waals surface area contributed by atoms with Crippen LogP contribution in [0, 0.1) is 0 Å². The highest BCUT2D eigenvalue weighted by Gasteiger charge is 2.23. The molecule has 3 nitrogen and oxygen atoms in total. The SMILES string of the molecule is C=C(C=C(C)C)NC1=NC(c2ccccc2-c2ccccc2)Nc2ccccc21. The number of hydrogen-bond acceptors (Lipinski definition) is 3. The Balaban J connectivity index is 1.77. The molecule has 2 N–H and O–H groups in total. The summed E-state index contributed by atoms with van der Waals surface area (Å²) in [4.78, 5) is 5.03. The van der Waals surface area contributed by atoms with E-state index < -0.39 is 0 Å². The summed E-state index contributed by atoms with van der Waals surface area (Å²) < 4.78 is 0. The molecule has 4 rings (SSSR count). The van der Waals surface area contributed by atoms with E-state index in [4.69, 9.17) is 4.99 Å². The highest BCUT2D eigenvalue weighted by Crippen LogP contribution is 2.34. The molecule has 1 heterocycles. The van der Waals surface area contributed by atoms with Gasteiger partial charge in [0.25, 0.3) is 0 Å². The van der Waals surface area contributed by atoms with Crippen molar-refractivity contribution in [2.24, 2.45) is 4.99 Å². The monoisotopic (exact) mass is 379 g/mol. The molecule has 0 amide bonds. The molecule has 0 spiro atoms. The maximum Gasteiger partial charge on any atom is 0.147 e. The van der Waals surface area contributed by atoms with E-state index in [2.05, 4.69) is 91.7 Å².